The molecular formula is C12H16O4. The Morgan fingerprint density at radius 3 is 2.50 bits per heavy atom. The van der Waals surface area contributed by atoms with Gasteiger partial charge in [-0.3, -0.25) is 0 Å². The monoisotopic (exact) mass is 224 g/mol. The first kappa shape index (κ1) is 12.5. The Balaban J connectivity index is 2.46. The maximum atomic E-state index is 11.5. The Morgan fingerprint density at radius 2 is 2.00 bits per heavy atom. The number of methoxy groups -OCH3 is 1. The van der Waals surface area contributed by atoms with Gasteiger partial charge in [0.1, 0.15) is 5.75 Å². The van der Waals surface area contributed by atoms with E-state index in [1.165, 1.54) is 0 Å². The molecule has 0 saturated heterocycles. The highest BCUT2D eigenvalue weighted by atomic mass is 16.5. The summed E-state index contributed by atoms with van der Waals surface area (Å²) in [6.07, 6.45) is -0.00861. The standard InChI is InChI=1S/C12H16O4/c1-9(13)7-8-16-12(14)10-3-5-11(15-2)6-4-10/h3-6,9,13H,7-8H2,1-2H3. The number of benzene rings is 1. The molecule has 0 spiro atoms. The van der Waals surface area contributed by atoms with Crippen molar-refractivity contribution in [2.24, 2.45) is 0 Å². The van der Waals surface area contributed by atoms with Crippen LogP contribution in [0.2, 0.25) is 0 Å². The molecule has 4 nitrogen and oxygen atoms in total. The lowest BCUT2D eigenvalue weighted by molar-refractivity contribution is 0.0444. The van der Waals surface area contributed by atoms with Gasteiger partial charge in [0.2, 0.25) is 0 Å². The summed E-state index contributed by atoms with van der Waals surface area (Å²) >= 11 is 0. The topological polar surface area (TPSA) is 55.8 Å². The summed E-state index contributed by atoms with van der Waals surface area (Å²) in [7, 11) is 1.57. The van der Waals surface area contributed by atoms with Crippen LogP contribution in [0.5, 0.6) is 5.75 Å². The van der Waals surface area contributed by atoms with E-state index in [-0.39, 0.29) is 12.6 Å². The third kappa shape index (κ3) is 3.90. The van der Waals surface area contributed by atoms with Gasteiger partial charge in [0.25, 0.3) is 0 Å². The highest BCUT2D eigenvalue weighted by Crippen LogP contribution is 2.12. The molecular weight excluding hydrogens is 208 g/mol. The zero-order chi connectivity index (χ0) is 12.0. The molecule has 1 rings (SSSR count). The highest BCUT2D eigenvalue weighted by molar-refractivity contribution is 5.89. The lowest BCUT2D eigenvalue weighted by atomic mass is 10.2. The first-order valence-corrected chi connectivity index (χ1v) is 5.12. The lowest BCUT2D eigenvalue weighted by Gasteiger charge is -2.06. The zero-order valence-corrected chi connectivity index (χ0v) is 9.47. The molecule has 1 aromatic carbocycles. The van der Waals surface area contributed by atoms with Crippen molar-refractivity contribution in [2.75, 3.05) is 13.7 Å². The lowest BCUT2D eigenvalue weighted by Crippen LogP contribution is -2.10. The van der Waals surface area contributed by atoms with Crippen LogP contribution in [0, 0.1) is 0 Å². The fourth-order valence-electron chi connectivity index (χ4n) is 1.13. The van der Waals surface area contributed by atoms with Crippen LogP contribution in [-0.4, -0.2) is 30.9 Å². The van der Waals surface area contributed by atoms with Gasteiger partial charge in [-0.25, -0.2) is 4.79 Å². The first-order chi connectivity index (χ1) is 7.63. The second-order valence-corrected chi connectivity index (χ2v) is 3.50. The normalized spacial score (nSPS) is 11.9. The molecule has 1 aromatic rings. The van der Waals surface area contributed by atoms with Crippen LogP contribution in [0.25, 0.3) is 0 Å². The van der Waals surface area contributed by atoms with Gasteiger partial charge in [-0.2, -0.15) is 0 Å². The Kier molecular flexibility index (Phi) is 4.79. The van der Waals surface area contributed by atoms with E-state index in [9.17, 15) is 4.79 Å². The third-order valence-electron chi connectivity index (χ3n) is 2.09. The van der Waals surface area contributed by atoms with E-state index in [0.717, 1.165) is 0 Å². The Labute approximate surface area is 94.8 Å². The molecule has 0 fully saturated rings. The fourth-order valence-corrected chi connectivity index (χ4v) is 1.13. The predicted octanol–water partition coefficient (Wildman–Crippen LogP) is 1.62. The van der Waals surface area contributed by atoms with Gasteiger partial charge in [0, 0.05) is 6.42 Å². The van der Waals surface area contributed by atoms with Gasteiger partial charge in [-0.05, 0) is 31.2 Å². The van der Waals surface area contributed by atoms with E-state index < -0.39 is 6.10 Å². The summed E-state index contributed by atoms with van der Waals surface area (Å²) in [5, 5.41) is 9.00. The van der Waals surface area contributed by atoms with E-state index in [1.807, 2.05) is 0 Å². The van der Waals surface area contributed by atoms with E-state index in [4.69, 9.17) is 14.6 Å². The number of carbonyl (C=O) groups is 1. The van der Waals surface area contributed by atoms with Crippen molar-refractivity contribution in [2.45, 2.75) is 19.4 Å². The summed E-state index contributed by atoms with van der Waals surface area (Å²) in [5.41, 5.74) is 0.478. The van der Waals surface area contributed by atoms with Crippen molar-refractivity contribution in [3.8, 4) is 5.75 Å². The van der Waals surface area contributed by atoms with Gasteiger partial charge in [-0.15, -0.1) is 0 Å². The van der Waals surface area contributed by atoms with Gasteiger partial charge in [-0.1, -0.05) is 0 Å². The molecule has 0 bridgehead atoms. The van der Waals surface area contributed by atoms with E-state index in [0.29, 0.717) is 17.7 Å². The molecule has 1 unspecified atom stereocenters. The van der Waals surface area contributed by atoms with Crippen molar-refractivity contribution < 1.29 is 19.4 Å². The fraction of sp³-hybridized carbons (Fsp3) is 0.417. The quantitative estimate of drug-likeness (QED) is 0.772. The number of carbonyl (C=O) groups excluding carboxylic acids is 1. The minimum absolute atomic E-state index is 0.225. The average molecular weight is 224 g/mol. The molecule has 88 valence electrons. The summed E-state index contributed by atoms with van der Waals surface area (Å²) in [6.45, 7) is 1.88. The molecule has 1 atom stereocenters. The second-order valence-electron chi connectivity index (χ2n) is 3.50. The summed E-state index contributed by atoms with van der Waals surface area (Å²) < 4.78 is 9.95. The molecule has 0 aliphatic heterocycles. The predicted molar refractivity (Wildman–Crippen MR) is 59.6 cm³/mol. The molecule has 0 radical (unpaired) electrons. The summed E-state index contributed by atoms with van der Waals surface area (Å²) in [4.78, 5) is 11.5. The van der Waals surface area contributed by atoms with Gasteiger partial charge < -0.3 is 14.6 Å². The number of rotatable bonds is 5. The van der Waals surface area contributed by atoms with Crippen molar-refractivity contribution >= 4 is 5.97 Å². The van der Waals surface area contributed by atoms with Crippen LogP contribution in [0.1, 0.15) is 23.7 Å². The number of esters is 1. The maximum Gasteiger partial charge on any atom is 0.338 e. The minimum Gasteiger partial charge on any atom is -0.497 e. The average Bonchev–Trinajstić information content (AvgIpc) is 2.28. The minimum atomic E-state index is -0.455. The molecule has 0 aliphatic rings. The third-order valence-corrected chi connectivity index (χ3v) is 2.09. The Bertz CT molecular complexity index is 329. The van der Waals surface area contributed by atoms with E-state index in [2.05, 4.69) is 0 Å². The highest BCUT2D eigenvalue weighted by Gasteiger charge is 2.07. The van der Waals surface area contributed by atoms with Crippen LogP contribution in [0.15, 0.2) is 24.3 Å². The molecule has 0 saturated carbocycles. The number of aliphatic hydroxyl groups is 1. The van der Waals surface area contributed by atoms with E-state index in [1.54, 1.807) is 38.3 Å². The molecule has 0 amide bonds. The molecule has 0 aromatic heterocycles. The maximum absolute atomic E-state index is 11.5. The SMILES string of the molecule is COc1ccc(C(=O)OCCC(C)O)cc1. The van der Waals surface area contributed by atoms with Crippen molar-refractivity contribution in [3.05, 3.63) is 29.8 Å². The molecule has 4 heteroatoms. The van der Waals surface area contributed by atoms with Gasteiger partial charge in [0.05, 0.1) is 25.4 Å². The second kappa shape index (κ2) is 6.12. The van der Waals surface area contributed by atoms with E-state index >= 15 is 0 Å². The zero-order valence-electron chi connectivity index (χ0n) is 9.47. The van der Waals surface area contributed by atoms with Crippen LogP contribution in [0.3, 0.4) is 0 Å². The number of aliphatic hydroxyl groups excluding tert-OH is 1. The van der Waals surface area contributed by atoms with Gasteiger partial charge >= 0.3 is 5.97 Å². The largest absolute Gasteiger partial charge is 0.497 e. The molecule has 0 aliphatic carbocycles. The molecule has 1 N–H and O–H groups in total. The number of hydrogen-bond donors (Lipinski definition) is 1. The van der Waals surface area contributed by atoms with Crippen molar-refractivity contribution in [3.63, 3.8) is 0 Å². The molecule has 0 heterocycles. The molecule has 16 heavy (non-hydrogen) atoms. The smallest absolute Gasteiger partial charge is 0.338 e. The van der Waals surface area contributed by atoms with Crippen LogP contribution in [0.4, 0.5) is 0 Å². The first-order valence-electron chi connectivity index (χ1n) is 5.12. The number of ether oxygens (including phenoxy) is 2. The summed E-state index contributed by atoms with van der Waals surface area (Å²) in [5.74, 6) is 0.309. The van der Waals surface area contributed by atoms with Crippen LogP contribution in [-0.2, 0) is 4.74 Å². The van der Waals surface area contributed by atoms with Gasteiger partial charge in [0.15, 0.2) is 0 Å². The van der Waals surface area contributed by atoms with Crippen LogP contribution >= 0.6 is 0 Å². The Hall–Kier alpha value is -1.55. The Morgan fingerprint density at radius 1 is 1.38 bits per heavy atom. The number of hydrogen-bond acceptors (Lipinski definition) is 4. The van der Waals surface area contributed by atoms with Crippen LogP contribution < -0.4 is 4.74 Å². The summed E-state index contributed by atoms with van der Waals surface area (Å²) in [6, 6.07) is 6.68. The van der Waals surface area contributed by atoms with Crippen molar-refractivity contribution in [1.29, 1.82) is 0 Å². The van der Waals surface area contributed by atoms with Crippen molar-refractivity contribution in [1.82, 2.24) is 0 Å².